The molecule has 2 heterocycles. The van der Waals surface area contributed by atoms with E-state index in [4.69, 9.17) is 25.5 Å². The number of halogens is 1. The van der Waals surface area contributed by atoms with Gasteiger partial charge in [-0.3, -0.25) is 4.79 Å². The number of aromatic nitrogens is 1. The largest absolute Gasteiger partial charge is 0.493 e. The Morgan fingerprint density at radius 3 is 2.41 bits per heavy atom. The van der Waals surface area contributed by atoms with Crippen molar-refractivity contribution < 1.29 is 18.7 Å². The maximum Gasteiger partial charge on any atom is 0.253 e. The molecule has 3 aromatic rings. The van der Waals surface area contributed by atoms with Gasteiger partial charge in [0.2, 0.25) is 17.5 Å². The molecule has 0 radical (unpaired) electrons. The maximum absolute atomic E-state index is 12.7. The Morgan fingerprint density at radius 2 is 1.76 bits per heavy atom. The number of anilines is 1. The number of ether oxygens (including phenoxy) is 2. The fraction of sp³-hybridized carbons (Fsp3) is 0.240. The number of hydrogen-bond acceptors (Lipinski definition) is 7. The SMILES string of the molecule is COc1ccc(C=Cc2nc(C#N)c(N3CCN(C(=O)c4ccc(Cl)cc4)CC3)o2)cc1OC. The molecule has 0 spiro atoms. The number of piperazine rings is 1. The molecule has 2 aromatic carbocycles. The monoisotopic (exact) mass is 478 g/mol. The van der Waals surface area contributed by atoms with Gasteiger partial charge in [-0.2, -0.15) is 10.2 Å². The van der Waals surface area contributed by atoms with Gasteiger partial charge in [0.05, 0.1) is 14.2 Å². The standard InChI is InChI=1S/C25H23ClN4O4/c1-32-21-9-3-17(15-22(21)33-2)4-10-23-28-20(16-27)25(34-23)30-13-11-29(12-14-30)24(31)18-5-7-19(26)8-6-18/h3-10,15H,11-14H2,1-2H3. The first-order chi connectivity index (χ1) is 16.5. The van der Waals surface area contributed by atoms with Crippen molar-refractivity contribution in [1.82, 2.24) is 9.88 Å². The van der Waals surface area contributed by atoms with Crippen molar-refractivity contribution in [1.29, 1.82) is 5.26 Å². The summed E-state index contributed by atoms with van der Waals surface area (Å²) in [6, 6.07) is 14.5. The Kier molecular flexibility index (Phi) is 7.04. The van der Waals surface area contributed by atoms with Gasteiger partial charge in [-0.15, -0.1) is 0 Å². The lowest BCUT2D eigenvalue weighted by Gasteiger charge is -2.34. The summed E-state index contributed by atoms with van der Waals surface area (Å²) in [4.78, 5) is 20.8. The molecule has 1 aliphatic heterocycles. The van der Waals surface area contributed by atoms with Gasteiger partial charge in [0, 0.05) is 42.8 Å². The van der Waals surface area contributed by atoms with E-state index in [1.54, 1.807) is 49.5 Å². The van der Waals surface area contributed by atoms with Crippen LogP contribution in [0.4, 0.5) is 5.88 Å². The van der Waals surface area contributed by atoms with Gasteiger partial charge in [-0.05, 0) is 48.0 Å². The molecule has 1 amide bonds. The first-order valence-corrected chi connectivity index (χ1v) is 11.0. The van der Waals surface area contributed by atoms with E-state index in [0.29, 0.717) is 60.0 Å². The minimum atomic E-state index is -0.0482. The van der Waals surface area contributed by atoms with E-state index in [1.165, 1.54) is 0 Å². The molecule has 4 rings (SSSR count). The number of carbonyl (C=O) groups is 1. The molecular weight excluding hydrogens is 456 g/mol. The number of carbonyl (C=O) groups excluding carboxylic acids is 1. The number of nitrogens with zero attached hydrogens (tertiary/aromatic N) is 4. The van der Waals surface area contributed by atoms with E-state index in [0.717, 1.165) is 5.56 Å². The minimum absolute atomic E-state index is 0.0482. The van der Waals surface area contributed by atoms with Gasteiger partial charge in [0.15, 0.2) is 11.5 Å². The molecule has 0 N–H and O–H groups in total. The third kappa shape index (κ3) is 5.00. The molecule has 9 heteroatoms. The van der Waals surface area contributed by atoms with Crippen LogP contribution in [0.1, 0.15) is 27.5 Å². The zero-order valence-corrected chi connectivity index (χ0v) is 19.6. The van der Waals surface area contributed by atoms with Crippen molar-refractivity contribution in [3.63, 3.8) is 0 Å². The maximum atomic E-state index is 12.7. The zero-order valence-electron chi connectivity index (χ0n) is 18.8. The van der Waals surface area contributed by atoms with Crippen LogP contribution >= 0.6 is 11.6 Å². The number of hydrogen-bond donors (Lipinski definition) is 0. The number of oxazole rings is 1. The first-order valence-electron chi connectivity index (χ1n) is 10.6. The summed E-state index contributed by atoms with van der Waals surface area (Å²) in [5, 5.41) is 10.1. The van der Waals surface area contributed by atoms with Crippen molar-refractivity contribution in [2.24, 2.45) is 0 Å². The topological polar surface area (TPSA) is 91.8 Å². The summed E-state index contributed by atoms with van der Waals surface area (Å²) >= 11 is 5.91. The third-order valence-corrected chi connectivity index (χ3v) is 5.75. The molecule has 174 valence electrons. The highest BCUT2D eigenvalue weighted by atomic mass is 35.5. The van der Waals surface area contributed by atoms with Crippen molar-refractivity contribution in [2.45, 2.75) is 0 Å². The van der Waals surface area contributed by atoms with Gasteiger partial charge >= 0.3 is 0 Å². The van der Waals surface area contributed by atoms with Crippen molar-refractivity contribution in [3.8, 4) is 17.6 Å². The lowest BCUT2D eigenvalue weighted by molar-refractivity contribution is 0.0745. The van der Waals surface area contributed by atoms with Gasteiger partial charge in [-0.1, -0.05) is 17.7 Å². The van der Waals surface area contributed by atoms with E-state index in [1.807, 2.05) is 29.2 Å². The highest BCUT2D eigenvalue weighted by molar-refractivity contribution is 6.30. The number of amides is 1. The second kappa shape index (κ2) is 10.3. The van der Waals surface area contributed by atoms with Crippen LogP contribution in [0, 0.1) is 11.3 Å². The van der Waals surface area contributed by atoms with Gasteiger partial charge in [0.1, 0.15) is 6.07 Å². The number of nitriles is 1. The molecule has 8 nitrogen and oxygen atoms in total. The van der Waals surface area contributed by atoms with Crippen molar-refractivity contribution >= 4 is 35.5 Å². The van der Waals surface area contributed by atoms with E-state index >= 15 is 0 Å². The van der Waals surface area contributed by atoms with Crippen LogP contribution in [0.5, 0.6) is 11.5 Å². The number of methoxy groups -OCH3 is 2. The van der Waals surface area contributed by atoms with Crippen LogP contribution in [0.2, 0.25) is 5.02 Å². The summed E-state index contributed by atoms with van der Waals surface area (Å²) in [6.45, 7) is 2.07. The quantitative estimate of drug-likeness (QED) is 0.520. The Balaban J connectivity index is 1.44. The number of benzene rings is 2. The molecular formula is C25H23ClN4O4. The summed E-state index contributed by atoms with van der Waals surface area (Å²) in [5.74, 6) is 1.93. The molecule has 0 atom stereocenters. The normalized spacial score (nSPS) is 13.7. The highest BCUT2D eigenvalue weighted by Gasteiger charge is 2.26. The smallest absolute Gasteiger partial charge is 0.253 e. The molecule has 1 aliphatic rings. The Morgan fingerprint density at radius 1 is 1.06 bits per heavy atom. The Hall–Kier alpha value is -3.96. The molecule has 0 bridgehead atoms. The lowest BCUT2D eigenvalue weighted by atomic mass is 10.2. The Bertz CT molecular complexity index is 1240. The van der Waals surface area contributed by atoms with Crippen LogP contribution in [-0.4, -0.2) is 56.2 Å². The molecule has 1 fully saturated rings. The molecule has 34 heavy (non-hydrogen) atoms. The van der Waals surface area contributed by atoms with E-state index < -0.39 is 0 Å². The molecule has 0 saturated carbocycles. The van der Waals surface area contributed by atoms with E-state index in [-0.39, 0.29) is 11.6 Å². The summed E-state index contributed by atoms with van der Waals surface area (Å²) in [6.07, 6.45) is 3.52. The minimum Gasteiger partial charge on any atom is -0.493 e. The first kappa shape index (κ1) is 23.2. The predicted octanol–water partition coefficient (Wildman–Crippen LogP) is 4.35. The lowest BCUT2D eigenvalue weighted by Crippen LogP contribution is -2.48. The van der Waals surface area contributed by atoms with Crippen molar-refractivity contribution in [2.75, 3.05) is 45.3 Å². The van der Waals surface area contributed by atoms with Crippen LogP contribution < -0.4 is 14.4 Å². The zero-order chi connectivity index (χ0) is 24.1. The van der Waals surface area contributed by atoms with E-state index in [9.17, 15) is 10.1 Å². The van der Waals surface area contributed by atoms with Crippen molar-refractivity contribution in [3.05, 3.63) is 70.2 Å². The van der Waals surface area contributed by atoms with Gasteiger partial charge < -0.3 is 23.7 Å². The van der Waals surface area contributed by atoms with Gasteiger partial charge in [0.25, 0.3) is 5.91 Å². The molecule has 0 aliphatic carbocycles. The summed E-state index contributed by atoms with van der Waals surface area (Å²) < 4.78 is 16.5. The van der Waals surface area contributed by atoms with Crippen LogP contribution in [0.3, 0.4) is 0 Å². The molecule has 1 aromatic heterocycles. The number of rotatable bonds is 6. The molecule has 1 saturated heterocycles. The Labute approximate surface area is 202 Å². The van der Waals surface area contributed by atoms with Crippen LogP contribution in [0.15, 0.2) is 46.9 Å². The molecule has 0 unspecified atom stereocenters. The summed E-state index contributed by atoms with van der Waals surface area (Å²) in [7, 11) is 3.16. The second-order valence-corrected chi connectivity index (χ2v) is 7.99. The fourth-order valence-corrected chi connectivity index (χ4v) is 3.82. The van der Waals surface area contributed by atoms with E-state index in [2.05, 4.69) is 11.1 Å². The predicted molar refractivity (Wildman–Crippen MR) is 129 cm³/mol. The van der Waals surface area contributed by atoms with Gasteiger partial charge in [-0.25, -0.2) is 0 Å². The highest BCUT2D eigenvalue weighted by Crippen LogP contribution is 2.29. The van der Waals surface area contributed by atoms with Crippen LogP contribution in [0.25, 0.3) is 12.2 Å². The van der Waals surface area contributed by atoms with Crippen LogP contribution in [-0.2, 0) is 0 Å². The second-order valence-electron chi connectivity index (χ2n) is 7.55. The average molecular weight is 479 g/mol. The fourth-order valence-electron chi connectivity index (χ4n) is 3.70. The average Bonchev–Trinajstić information content (AvgIpc) is 3.30. The third-order valence-electron chi connectivity index (χ3n) is 5.50. The summed E-state index contributed by atoms with van der Waals surface area (Å²) in [5.41, 5.74) is 1.67.